The van der Waals surface area contributed by atoms with Crippen LogP contribution in [0.2, 0.25) is 0 Å². The third-order valence-corrected chi connectivity index (χ3v) is 6.14. The molecular formula is C16H27NO4S. The molecule has 0 saturated heterocycles. The number of unbranched alkanes of at least 4 members (excludes halogenated alkanes) is 2. The van der Waals surface area contributed by atoms with Crippen molar-refractivity contribution >= 4 is 15.7 Å². The molecule has 0 unspecified atom stereocenters. The van der Waals surface area contributed by atoms with Gasteiger partial charge in [0.05, 0.1) is 12.0 Å². The van der Waals surface area contributed by atoms with Crippen molar-refractivity contribution in [3.63, 3.8) is 0 Å². The Kier molecular flexibility index (Phi) is 6.56. The van der Waals surface area contributed by atoms with Crippen molar-refractivity contribution in [2.24, 2.45) is 0 Å². The first-order chi connectivity index (χ1) is 10.3. The predicted molar refractivity (Wildman–Crippen MR) is 88.2 cm³/mol. The molecule has 0 bridgehead atoms. The second-order valence-electron chi connectivity index (χ2n) is 5.75. The van der Waals surface area contributed by atoms with Crippen molar-refractivity contribution in [1.82, 2.24) is 5.48 Å². The second kappa shape index (κ2) is 7.74. The normalized spacial score (nSPS) is 12.2. The Hall–Kier alpha value is -1.40. The maximum absolute atomic E-state index is 12.6. The minimum Gasteiger partial charge on any atom is -0.277 e. The summed E-state index contributed by atoms with van der Waals surface area (Å²) in [6.07, 6.45) is 4.32. The summed E-state index contributed by atoms with van der Waals surface area (Å²) in [4.78, 5) is 16.6. The molecule has 0 spiro atoms. The molecule has 0 aliphatic heterocycles. The van der Waals surface area contributed by atoms with Gasteiger partial charge in [0.1, 0.15) is 0 Å². The lowest BCUT2D eigenvalue weighted by atomic mass is 10.1. The Bertz CT molecular complexity index is 597. The lowest BCUT2D eigenvalue weighted by molar-refractivity contribution is -0.133. The topological polar surface area (TPSA) is 72.5 Å². The first-order valence-electron chi connectivity index (χ1n) is 7.44. The summed E-state index contributed by atoms with van der Waals surface area (Å²) >= 11 is 0. The summed E-state index contributed by atoms with van der Waals surface area (Å²) < 4.78 is 23.6. The fourth-order valence-corrected chi connectivity index (χ4v) is 3.42. The minimum atomic E-state index is -3.79. The number of hydroxylamine groups is 1. The molecule has 0 atom stereocenters. The van der Waals surface area contributed by atoms with E-state index in [9.17, 15) is 13.2 Å². The van der Waals surface area contributed by atoms with Crippen LogP contribution in [-0.4, -0.2) is 26.2 Å². The van der Waals surface area contributed by atoms with Crippen LogP contribution in [0.4, 0.5) is 0 Å². The third-order valence-electron chi connectivity index (χ3n) is 3.72. The van der Waals surface area contributed by atoms with Gasteiger partial charge in [-0.25, -0.2) is 13.9 Å². The molecule has 1 N–H and O–H groups in total. The monoisotopic (exact) mass is 329 g/mol. The zero-order valence-corrected chi connectivity index (χ0v) is 14.5. The predicted octanol–water partition coefficient (Wildman–Crippen LogP) is 2.90. The molecule has 0 fully saturated rings. The fraction of sp³-hybridized carbons (Fsp3) is 0.562. The van der Waals surface area contributed by atoms with E-state index in [-0.39, 0.29) is 6.32 Å². The van der Waals surface area contributed by atoms with E-state index in [4.69, 9.17) is 0 Å². The molecular weight excluding hydrogens is 302 g/mol. The third kappa shape index (κ3) is 4.08. The number of sulfone groups is 1. The maximum atomic E-state index is 12.6. The van der Waals surface area contributed by atoms with Gasteiger partial charge in [0.25, 0.3) is 5.91 Å². The minimum absolute atomic E-state index is 0. The summed E-state index contributed by atoms with van der Waals surface area (Å²) in [7, 11) is -2.52. The molecule has 1 amide bonds. The van der Waals surface area contributed by atoms with Crippen LogP contribution in [0.25, 0.3) is 0 Å². The summed E-state index contributed by atoms with van der Waals surface area (Å²) in [5.74, 6) is -0.693. The van der Waals surface area contributed by atoms with E-state index >= 15 is 0 Å². The number of aryl methyl sites for hydroxylation is 1. The van der Waals surface area contributed by atoms with Gasteiger partial charge >= 0.3 is 0 Å². The number of rotatable bonds is 8. The highest BCUT2D eigenvalue weighted by Gasteiger charge is 2.42. The van der Waals surface area contributed by atoms with Gasteiger partial charge in [-0.05, 0) is 44.4 Å². The molecule has 1 rings (SSSR count). The highest BCUT2D eigenvalue weighted by atomic mass is 32.2. The van der Waals surface area contributed by atoms with Crippen molar-refractivity contribution in [3.8, 4) is 0 Å². The highest BCUT2D eigenvalue weighted by Crippen LogP contribution is 2.26. The molecule has 0 aliphatic carbocycles. The van der Waals surface area contributed by atoms with E-state index in [2.05, 4.69) is 17.2 Å². The van der Waals surface area contributed by atoms with Crippen LogP contribution in [-0.2, 0) is 25.9 Å². The molecule has 126 valence electrons. The molecule has 0 aliphatic rings. The number of carbonyl (C=O) groups is 1. The Morgan fingerprint density at radius 1 is 1.23 bits per heavy atom. The largest absolute Gasteiger partial charge is 0.277 e. The summed E-state index contributed by atoms with van der Waals surface area (Å²) in [6, 6.07) is 6.76. The van der Waals surface area contributed by atoms with E-state index in [0.717, 1.165) is 31.2 Å². The van der Waals surface area contributed by atoms with Gasteiger partial charge in [-0.15, -0.1) is 0 Å². The zero-order chi connectivity index (χ0) is 16.8. The highest BCUT2D eigenvalue weighted by molar-refractivity contribution is 7.93. The van der Waals surface area contributed by atoms with Gasteiger partial charge in [-0.3, -0.25) is 9.63 Å². The van der Waals surface area contributed by atoms with E-state index in [1.165, 1.54) is 21.0 Å². The Labute approximate surface area is 134 Å². The molecule has 1 aromatic carbocycles. The van der Waals surface area contributed by atoms with Crippen LogP contribution < -0.4 is 5.48 Å². The lowest BCUT2D eigenvalue weighted by Gasteiger charge is -2.23. The Morgan fingerprint density at radius 3 is 2.32 bits per heavy atom. The molecule has 6 heteroatoms. The molecule has 0 saturated carbocycles. The van der Waals surface area contributed by atoms with Gasteiger partial charge in [0, 0.05) is 1.43 Å². The summed E-state index contributed by atoms with van der Waals surface area (Å²) in [5.41, 5.74) is 3.19. The van der Waals surface area contributed by atoms with E-state index in [1.807, 2.05) is 12.1 Å². The average molecular weight is 329 g/mol. The van der Waals surface area contributed by atoms with Gasteiger partial charge in [0.2, 0.25) is 0 Å². The number of hydrogen-bond acceptors (Lipinski definition) is 4. The Balaban J connectivity index is 0.00000484. The van der Waals surface area contributed by atoms with E-state index in [1.54, 1.807) is 12.1 Å². The first-order valence-corrected chi connectivity index (χ1v) is 8.92. The number of carbonyl (C=O) groups excluding carboxylic acids is 1. The number of amides is 1. The van der Waals surface area contributed by atoms with Crippen LogP contribution in [0.5, 0.6) is 0 Å². The molecule has 22 heavy (non-hydrogen) atoms. The quantitative estimate of drug-likeness (QED) is 0.588. The second-order valence-corrected chi connectivity index (χ2v) is 8.25. The van der Waals surface area contributed by atoms with Crippen molar-refractivity contribution in [1.29, 1.82) is 0 Å². The van der Waals surface area contributed by atoms with Crippen LogP contribution in [0, 0.1) is 0 Å². The average Bonchev–Trinajstić information content (AvgIpc) is 2.48. The van der Waals surface area contributed by atoms with E-state index < -0.39 is 20.5 Å². The van der Waals surface area contributed by atoms with Gasteiger partial charge < -0.3 is 0 Å². The smallest absolute Gasteiger partial charge is 0.264 e. The van der Waals surface area contributed by atoms with Crippen LogP contribution in [0.3, 0.4) is 0 Å². The molecule has 5 nitrogen and oxygen atoms in total. The Morgan fingerprint density at radius 2 is 1.82 bits per heavy atom. The standard InChI is InChI=1S/C16H25NO4S.H2/c1-5-6-7-8-13-9-11-14(12-10-13)22(19,20)16(2,3)15(18)17-21-4;/h9-12H,5-8H2,1-4H3,(H,17,18);1H. The van der Waals surface area contributed by atoms with Crippen LogP contribution >= 0.6 is 0 Å². The van der Waals surface area contributed by atoms with Gasteiger partial charge in [-0.2, -0.15) is 0 Å². The molecule has 0 heterocycles. The lowest BCUT2D eigenvalue weighted by Crippen LogP contribution is -2.47. The van der Waals surface area contributed by atoms with Gasteiger partial charge in [0.15, 0.2) is 14.6 Å². The van der Waals surface area contributed by atoms with Crippen molar-refractivity contribution in [2.75, 3.05) is 7.11 Å². The molecule has 1 aromatic rings. The van der Waals surface area contributed by atoms with E-state index in [0.29, 0.717) is 0 Å². The van der Waals surface area contributed by atoms with Crippen molar-refractivity contribution < 1.29 is 19.5 Å². The summed E-state index contributed by atoms with van der Waals surface area (Å²) in [6.45, 7) is 4.88. The van der Waals surface area contributed by atoms with Crippen molar-refractivity contribution in [2.45, 2.75) is 56.1 Å². The summed E-state index contributed by atoms with van der Waals surface area (Å²) in [5, 5.41) is 0. The molecule has 0 aromatic heterocycles. The fourth-order valence-electron chi connectivity index (χ4n) is 2.05. The SMILES string of the molecule is CCCCCc1ccc(S(=O)(=O)C(C)(C)C(=O)NOC)cc1.[HH]. The zero-order valence-electron chi connectivity index (χ0n) is 13.7. The number of nitrogens with one attached hydrogen (secondary N) is 1. The number of hydrogen-bond donors (Lipinski definition) is 1. The molecule has 0 radical (unpaired) electrons. The maximum Gasteiger partial charge on any atom is 0.264 e. The number of benzene rings is 1. The first kappa shape index (κ1) is 18.6. The van der Waals surface area contributed by atoms with Gasteiger partial charge in [-0.1, -0.05) is 31.9 Å². The van der Waals surface area contributed by atoms with Crippen molar-refractivity contribution in [3.05, 3.63) is 29.8 Å². The van der Waals surface area contributed by atoms with Crippen LogP contribution in [0.1, 0.15) is 47.0 Å². The van der Waals surface area contributed by atoms with Crippen LogP contribution in [0.15, 0.2) is 29.2 Å².